The molecule has 0 radical (unpaired) electrons. The Morgan fingerprint density at radius 3 is 1.24 bits per heavy atom. The standard InChI is InChI=1S/C21H42N6O6.C16H36N6O7/c1-7-28-13-25(14-29-8-2)19-22-20(26(15-30-9-3)16-31-10-4)24-21(23-19)27(17-32-11-5)18-33-12-6;1-7-24-15(19-26-9-3)18-14(17)21(28-11-5)16(25-8-2,22(15)29-12-6)20(13-23)27-10-4/h7-18H2,1-6H3;19,23H,7-13H2,1-6H3,(H2,17,18). The first-order valence-corrected chi connectivity index (χ1v) is 21.5. The van der Waals surface area contributed by atoms with Crippen molar-refractivity contribution in [3.63, 3.8) is 0 Å². The van der Waals surface area contributed by atoms with Crippen molar-refractivity contribution >= 4 is 23.8 Å². The first-order valence-electron chi connectivity index (χ1n) is 21.5. The van der Waals surface area contributed by atoms with Gasteiger partial charge in [-0.05, 0) is 83.1 Å². The molecule has 25 heteroatoms. The number of aromatic nitrogens is 3. The average molecular weight is 899 g/mol. The Balaban J connectivity index is 0.000000625. The molecule has 1 aliphatic heterocycles. The number of anilines is 3. The summed E-state index contributed by atoms with van der Waals surface area (Å²) in [6.45, 7) is 27.8. The smallest absolute Gasteiger partial charge is 0.343 e. The molecule has 0 aliphatic carbocycles. The van der Waals surface area contributed by atoms with Gasteiger partial charge in [-0.15, -0.1) is 5.48 Å². The van der Waals surface area contributed by atoms with Crippen molar-refractivity contribution < 1.29 is 62.4 Å². The number of hydrogen-bond acceptors (Lipinski definition) is 25. The van der Waals surface area contributed by atoms with Crippen LogP contribution in [0.15, 0.2) is 4.99 Å². The largest absolute Gasteiger partial charge is 0.379 e. The fourth-order valence-corrected chi connectivity index (χ4v) is 5.20. The molecule has 0 aromatic carbocycles. The number of guanidine groups is 1. The molecule has 0 amide bonds. The minimum Gasteiger partial charge on any atom is -0.379 e. The highest BCUT2D eigenvalue weighted by Gasteiger charge is 2.65. The van der Waals surface area contributed by atoms with E-state index in [0.717, 1.165) is 10.1 Å². The number of aliphatic hydroxyl groups is 1. The van der Waals surface area contributed by atoms with Crippen LogP contribution in [0.25, 0.3) is 0 Å². The summed E-state index contributed by atoms with van der Waals surface area (Å²) in [5, 5.41) is 13.6. The van der Waals surface area contributed by atoms with E-state index >= 15 is 0 Å². The van der Waals surface area contributed by atoms with Crippen LogP contribution in [0.5, 0.6) is 0 Å². The van der Waals surface area contributed by atoms with Crippen molar-refractivity contribution in [2.75, 3.05) is 141 Å². The highest BCUT2D eigenvalue weighted by molar-refractivity contribution is 5.78. The Labute approximate surface area is 368 Å². The van der Waals surface area contributed by atoms with E-state index in [4.69, 9.17) is 77.9 Å². The first-order chi connectivity index (χ1) is 30.1. The van der Waals surface area contributed by atoms with Gasteiger partial charge in [0.2, 0.25) is 23.8 Å². The van der Waals surface area contributed by atoms with Gasteiger partial charge in [0.05, 0.1) is 26.4 Å². The van der Waals surface area contributed by atoms with Gasteiger partial charge in [0.25, 0.3) is 0 Å². The lowest BCUT2D eigenvalue weighted by Gasteiger charge is -2.56. The number of aliphatic imine (C=N–C) groups is 1. The third kappa shape index (κ3) is 17.2. The van der Waals surface area contributed by atoms with Gasteiger partial charge in [-0.2, -0.15) is 25.0 Å². The van der Waals surface area contributed by atoms with Crippen molar-refractivity contribution in [3.05, 3.63) is 0 Å². The molecular formula is C37H78N12O13. The second-order valence-corrected chi connectivity index (χ2v) is 12.0. The van der Waals surface area contributed by atoms with Gasteiger partial charge in [0.15, 0.2) is 0 Å². The molecule has 2 heterocycles. The Morgan fingerprint density at radius 2 is 0.935 bits per heavy atom. The summed E-state index contributed by atoms with van der Waals surface area (Å²) in [5.74, 6) is -2.50. The summed E-state index contributed by atoms with van der Waals surface area (Å²) in [7, 11) is 0. The van der Waals surface area contributed by atoms with Crippen LogP contribution >= 0.6 is 0 Å². The minimum atomic E-state index is -1.85. The molecule has 1 aromatic rings. The number of rotatable bonds is 36. The maximum absolute atomic E-state index is 10.1. The lowest BCUT2D eigenvalue weighted by atomic mass is 10.4. The molecule has 1 aromatic heterocycles. The summed E-state index contributed by atoms with van der Waals surface area (Å²) in [6, 6.07) is 0. The van der Waals surface area contributed by atoms with Crippen LogP contribution in [0, 0.1) is 0 Å². The fraction of sp³-hybridized carbons (Fsp3) is 0.892. The Morgan fingerprint density at radius 1 is 0.532 bits per heavy atom. The molecule has 0 bridgehead atoms. The molecule has 2 rings (SSSR count). The Kier molecular flexibility index (Phi) is 30.9. The van der Waals surface area contributed by atoms with E-state index in [1.165, 1.54) is 5.06 Å². The topological polar surface area (TPSA) is 240 Å². The van der Waals surface area contributed by atoms with E-state index in [1.54, 1.807) is 56.2 Å². The summed E-state index contributed by atoms with van der Waals surface area (Å²) in [6.07, 6.45) is 0. The molecule has 25 nitrogen and oxygen atoms in total. The maximum atomic E-state index is 10.1. The highest BCUT2D eigenvalue weighted by atomic mass is 16.9. The number of hydroxylamine groups is 7. The number of aliphatic hydroxyl groups excluding tert-OH is 1. The molecular weight excluding hydrogens is 820 g/mol. The number of nitrogens with two attached hydrogens (primary N) is 1. The van der Waals surface area contributed by atoms with Crippen LogP contribution in [0.2, 0.25) is 0 Å². The van der Waals surface area contributed by atoms with E-state index in [1.807, 2.05) is 41.5 Å². The molecule has 4 N–H and O–H groups in total. The van der Waals surface area contributed by atoms with E-state index < -0.39 is 18.7 Å². The number of hydrogen-bond donors (Lipinski definition) is 3. The fourth-order valence-electron chi connectivity index (χ4n) is 5.20. The molecule has 2 atom stereocenters. The van der Waals surface area contributed by atoms with E-state index in [-0.39, 0.29) is 79.4 Å². The van der Waals surface area contributed by atoms with Crippen molar-refractivity contribution in [1.82, 2.24) is 35.6 Å². The molecule has 0 saturated heterocycles. The lowest BCUT2D eigenvalue weighted by molar-refractivity contribution is -0.554. The second kappa shape index (κ2) is 33.5. The Bertz CT molecular complexity index is 1190. The quantitative estimate of drug-likeness (QED) is 0.0646. The van der Waals surface area contributed by atoms with Gasteiger partial charge < -0.3 is 48.7 Å². The lowest BCUT2D eigenvalue weighted by Crippen LogP contribution is -2.82. The predicted octanol–water partition coefficient (Wildman–Crippen LogP) is 2.12. The second-order valence-electron chi connectivity index (χ2n) is 12.0. The van der Waals surface area contributed by atoms with Crippen LogP contribution in [0.1, 0.15) is 83.1 Å². The van der Waals surface area contributed by atoms with E-state index in [9.17, 15) is 5.11 Å². The van der Waals surface area contributed by atoms with Crippen molar-refractivity contribution in [2.45, 2.75) is 95.0 Å². The maximum Gasteiger partial charge on any atom is 0.343 e. The number of ether oxygens (including phenoxy) is 8. The average Bonchev–Trinajstić information content (AvgIpc) is 3.27. The van der Waals surface area contributed by atoms with E-state index in [2.05, 4.69) is 10.5 Å². The van der Waals surface area contributed by atoms with Gasteiger partial charge in [0.1, 0.15) is 47.1 Å². The monoisotopic (exact) mass is 899 g/mol. The Hall–Kier alpha value is -2.96. The van der Waals surface area contributed by atoms with Gasteiger partial charge in [-0.1, -0.05) is 10.1 Å². The first kappa shape index (κ1) is 57.1. The molecule has 2 unspecified atom stereocenters. The third-order valence-electron chi connectivity index (χ3n) is 7.72. The SMILES string of the molecule is CCOCN(COCC)c1nc(N(COCC)COCC)nc(N(COCC)COCC)n1.CCONC1(OCC)N=C(N)N(OCC)C(OCC)(N(CO)OCC)N1OCC. The van der Waals surface area contributed by atoms with Crippen LogP contribution in [0.4, 0.5) is 17.8 Å². The van der Waals surface area contributed by atoms with Crippen molar-refractivity contribution in [1.29, 1.82) is 0 Å². The zero-order chi connectivity index (χ0) is 46.2. The number of nitrogens with one attached hydrogen (secondary N) is 1. The third-order valence-corrected chi connectivity index (χ3v) is 7.72. The highest BCUT2D eigenvalue weighted by Crippen LogP contribution is 2.38. The molecule has 0 spiro atoms. The molecule has 1 aliphatic rings. The zero-order valence-electron chi connectivity index (χ0n) is 39.3. The van der Waals surface area contributed by atoms with Gasteiger partial charge >= 0.3 is 11.9 Å². The minimum absolute atomic E-state index is 0.116. The predicted molar refractivity (Wildman–Crippen MR) is 229 cm³/mol. The van der Waals surface area contributed by atoms with Crippen molar-refractivity contribution in [3.8, 4) is 0 Å². The molecule has 62 heavy (non-hydrogen) atoms. The van der Waals surface area contributed by atoms with Crippen LogP contribution in [-0.4, -0.2) is 180 Å². The normalized spacial score (nSPS) is 17.9. The summed E-state index contributed by atoms with van der Waals surface area (Å²) >= 11 is 0. The van der Waals surface area contributed by atoms with Gasteiger partial charge in [0, 0.05) is 52.9 Å². The van der Waals surface area contributed by atoms with Crippen LogP contribution < -0.4 is 25.9 Å². The summed E-state index contributed by atoms with van der Waals surface area (Å²) in [5.41, 5.74) is 8.98. The number of nitrogens with zero attached hydrogens (tertiary/aromatic N) is 10. The van der Waals surface area contributed by atoms with Gasteiger partial charge in [-0.3, -0.25) is 34.1 Å². The molecule has 0 saturated carbocycles. The van der Waals surface area contributed by atoms with Crippen molar-refractivity contribution in [2.24, 2.45) is 10.7 Å². The van der Waals surface area contributed by atoms with Crippen LogP contribution in [-0.2, 0) is 57.2 Å². The molecule has 0 fully saturated rings. The zero-order valence-corrected chi connectivity index (χ0v) is 39.3. The van der Waals surface area contributed by atoms with Gasteiger partial charge in [-0.25, -0.2) is 0 Å². The van der Waals surface area contributed by atoms with E-state index in [0.29, 0.717) is 64.1 Å². The van der Waals surface area contributed by atoms with Crippen LogP contribution in [0.3, 0.4) is 0 Å². The summed E-state index contributed by atoms with van der Waals surface area (Å²) < 4.78 is 45.7. The summed E-state index contributed by atoms with van der Waals surface area (Å²) in [4.78, 5) is 46.5. The molecule has 364 valence electrons.